The van der Waals surface area contributed by atoms with Crippen molar-refractivity contribution in [2.75, 3.05) is 23.8 Å². The van der Waals surface area contributed by atoms with Crippen LogP contribution in [-0.2, 0) is 9.53 Å². The number of carbonyl (C=O) groups is 2. The van der Waals surface area contributed by atoms with Crippen LogP contribution in [0.15, 0.2) is 42.5 Å². The van der Waals surface area contributed by atoms with Crippen LogP contribution >= 0.6 is 0 Å². The van der Waals surface area contributed by atoms with Gasteiger partial charge in [-0.1, -0.05) is 19.9 Å². The molecule has 168 valence electrons. The van der Waals surface area contributed by atoms with Gasteiger partial charge in [-0.3, -0.25) is 9.59 Å². The predicted molar refractivity (Wildman–Crippen MR) is 126 cm³/mol. The fraction of sp³-hybridized carbons (Fsp3) is 0.400. The molecule has 0 radical (unpaired) electrons. The maximum Gasteiger partial charge on any atom is 0.251 e. The number of hydrogen-bond donors (Lipinski definition) is 3. The van der Waals surface area contributed by atoms with Gasteiger partial charge in [0, 0.05) is 48.5 Å². The highest BCUT2D eigenvalue weighted by Crippen LogP contribution is 2.41. The monoisotopic (exact) mass is 434 g/mol. The second-order valence-electron chi connectivity index (χ2n) is 8.69. The van der Waals surface area contributed by atoms with Gasteiger partial charge in [0.05, 0.1) is 12.7 Å². The number of anilines is 2. The number of rotatable bonds is 7. The van der Waals surface area contributed by atoms with Gasteiger partial charge in [-0.2, -0.15) is 0 Å². The van der Waals surface area contributed by atoms with Crippen LogP contribution in [0.5, 0.6) is 0 Å². The molecule has 2 atom stereocenters. The molecule has 0 saturated heterocycles. The molecule has 1 aliphatic heterocycles. The van der Waals surface area contributed by atoms with Gasteiger partial charge < -0.3 is 20.7 Å². The fourth-order valence-electron chi connectivity index (χ4n) is 3.92. The van der Waals surface area contributed by atoms with E-state index in [0.29, 0.717) is 30.1 Å². The normalized spacial score (nSPS) is 17.5. The fourth-order valence-corrected chi connectivity index (χ4v) is 3.92. The summed E-state index contributed by atoms with van der Waals surface area (Å²) in [5.74, 6) is -0.312. The van der Waals surface area contributed by atoms with Crippen LogP contribution < -0.4 is 16.0 Å². The van der Waals surface area contributed by atoms with E-state index in [0.717, 1.165) is 17.7 Å². The van der Waals surface area contributed by atoms with Gasteiger partial charge in [-0.15, -0.1) is 0 Å². The van der Waals surface area contributed by atoms with E-state index in [-0.39, 0.29) is 29.4 Å². The van der Waals surface area contributed by atoms with Gasteiger partial charge in [0.25, 0.3) is 5.91 Å². The third-order valence-corrected chi connectivity index (χ3v) is 5.77. The average molecular weight is 435 g/mol. The first-order chi connectivity index (χ1) is 15.2. The quantitative estimate of drug-likeness (QED) is 0.541. The first-order valence-corrected chi connectivity index (χ1v) is 10.8. The molecule has 3 rings (SSSR count). The molecule has 3 N–H and O–H groups in total. The number of nitrogens with one attached hydrogen (secondary N) is 3. The Bertz CT molecular complexity index is 1020. The van der Waals surface area contributed by atoms with Gasteiger partial charge in [0.15, 0.2) is 5.69 Å². The third kappa shape index (κ3) is 5.45. The molecule has 0 aliphatic carbocycles. The largest absolute Gasteiger partial charge is 0.381 e. The van der Waals surface area contributed by atoms with Crippen LogP contribution in [0.4, 0.5) is 17.1 Å². The number of nitrogens with zero attached hydrogens (tertiary/aromatic N) is 1. The highest BCUT2D eigenvalue weighted by molar-refractivity contribution is 5.95. The molecule has 0 aromatic heterocycles. The number of carbonyl (C=O) groups excluding carboxylic acids is 2. The summed E-state index contributed by atoms with van der Waals surface area (Å²) < 4.78 is 6.01. The summed E-state index contributed by atoms with van der Waals surface area (Å²) in [4.78, 5) is 27.4. The smallest absolute Gasteiger partial charge is 0.251 e. The topological polar surface area (TPSA) is 83.8 Å². The molecule has 0 fully saturated rings. The van der Waals surface area contributed by atoms with Crippen molar-refractivity contribution < 1.29 is 14.3 Å². The third-order valence-electron chi connectivity index (χ3n) is 5.77. The minimum absolute atomic E-state index is 0.0767. The van der Waals surface area contributed by atoms with Crippen molar-refractivity contribution in [3.8, 4) is 0 Å². The molecule has 7 nitrogen and oxygen atoms in total. The van der Waals surface area contributed by atoms with E-state index < -0.39 is 0 Å². The number of benzene rings is 2. The predicted octanol–water partition coefficient (Wildman–Crippen LogP) is 4.91. The summed E-state index contributed by atoms with van der Waals surface area (Å²) in [6, 6.07) is 12.5. The SMILES string of the molecule is [C-]#[N+]c1ccc2c(c1)C(OCC)CC(C(C)(C)CNC(=O)c1ccc(NC(C)=O)cc1)N2. The molecular formula is C25H30N4O3. The first-order valence-electron chi connectivity index (χ1n) is 10.8. The van der Waals surface area contributed by atoms with Gasteiger partial charge in [-0.05, 0) is 55.3 Å². The minimum Gasteiger partial charge on any atom is -0.381 e. The molecule has 2 amide bonds. The zero-order valence-corrected chi connectivity index (χ0v) is 19.0. The van der Waals surface area contributed by atoms with Crippen molar-refractivity contribution in [3.05, 3.63) is 65.0 Å². The van der Waals surface area contributed by atoms with E-state index >= 15 is 0 Å². The van der Waals surface area contributed by atoms with Crippen LogP contribution in [0.2, 0.25) is 0 Å². The maximum atomic E-state index is 12.7. The molecular weight excluding hydrogens is 404 g/mol. The van der Waals surface area contributed by atoms with E-state index in [9.17, 15) is 9.59 Å². The number of ether oxygens (including phenoxy) is 1. The lowest BCUT2D eigenvalue weighted by Gasteiger charge is -2.42. The van der Waals surface area contributed by atoms with Gasteiger partial charge >= 0.3 is 0 Å². The zero-order chi connectivity index (χ0) is 23.3. The first kappa shape index (κ1) is 23.3. The summed E-state index contributed by atoms with van der Waals surface area (Å²) in [5.41, 5.74) is 3.52. The molecule has 2 aromatic carbocycles. The molecule has 2 unspecified atom stereocenters. The van der Waals surface area contributed by atoms with Crippen molar-refractivity contribution >= 4 is 28.9 Å². The molecule has 1 heterocycles. The summed E-state index contributed by atoms with van der Waals surface area (Å²) >= 11 is 0. The van der Waals surface area contributed by atoms with Gasteiger partial charge in [0.2, 0.25) is 5.91 Å². The van der Waals surface area contributed by atoms with E-state index in [4.69, 9.17) is 11.3 Å². The second-order valence-corrected chi connectivity index (χ2v) is 8.69. The Balaban J connectivity index is 1.68. The van der Waals surface area contributed by atoms with Crippen LogP contribution in [-0.4, -0.2) is 31.0 Å². The summed E-state index contributed by atoms with van der Waals surface area (Å²) in [7, 11) is 0. The lowest BCUT2D eigenvalue weighted by atomic mass is 9.78. The van der Waals surface area contributed by atoms with E-state index in [2.05, 4.69) is 34.6 Å². The van der Waals surface area contributed by atoms with Crippen molar-refractivity contribution in [3.63, 3.8) is 0 Å². The minimum atomic E-state index is -0.253. The van der Waals surface area contributed by atoms with Gasteiger partial charge in [-0.25, -0.2) is 4.85 Å². The summed E-state index contributed by atoms with van der Waals surface area (Å²) in [6.45, 7) is 16.0. The van der Waals surface area contributed by atoms with Crippen LogP contribution in [0.1, 0.15) is 56.1 Å². The van der Waals surface area contributed by atoms with Gasteiger partial charge in [0.1, 0.15) is 0 Å². The summed E-state index contributed by atoms with van der Waals surface area (Å²) in [6.07, 6.45) is 0.649. The highest BCUT2D eigenvalue weighted by atomic mass is 16.5. The average Bonchev–Trinajstić information content (AvgIpc) is 2.77. The van der Waals surface area contributed by atoms with E-state index in [1.807, 2.05) is 25.1 Å². The molecule has 0 bridgehead atoms. The van der Waals surface area contributed by atoms with E-state index in [1.54, 1.807) is 24.3 Å². The lowest BCUT2D eigenvalue weighted by Crippen LogP contribution is -2.47. The zero-order valence-electron chi connectivity index (χ0n) is 19.0. The molecule has 2 aromatic rings. The van der Waals surface area contributed by atoms with Crippen LogP contribution in [0, 0.1) is 12.0 Å². The molecule has 1 aliphatic rings. The standard InChI is InChI=1S/C25H30N4O3/c1-6-32-22-14-23(29-21-12-11-19(26-5)13-20(21)22)25(3,4)15-27-24(31)17-7-9-18(10-8-17)28-16(2)30/h7-13,22-23,29H,6,14-15H2,1-4H3,(H,27,31)(H,28,30). The number of fused-ring (bicyclic) bond motifs is 1. The Labute approximate surface area is 189 Å². The van der Waals surface area contributed by atoms with Crippen molar-refractivity contribution in [2.24, 2.45) is 5.41 Å². The molecule has 0 spiro atoms. The Hall–Kier alpha value is -3.37. The molecule has 0 saturated carbocycles. The molecule has 7 heteroatoms. The second kappa shape index (κ2) is 9.84. The summed E-state index contributed by atoms with van der Waals surface area (Å²) in [5, 5.41) is 9.32. The Kier molecular flexibility index (Phi) is 7.16. The number of amides is 2. The Morgan fingerprint density at radius 3 is 2.56 bits per heavy atom. The van der Waals surface area contributed by atoms with E-state index in [1.165, 1.54) is 6.92 Å². The van der Waals surface area contributed by atoms with Crippen LogP contribution in [0.25, 0.3) is 4.85 Å². The maximum absolute atomic E-state index is 12.7. The number of hydrogen-bond acceptors (Lipinski definition) is 4. The Morgan fingerprint density at radius 1 is 1.22 bits per heavy atom. The van der Waals surface area contributed by atoms with Crippen LogP contribution in [0.3, 0.4) is 0 Å². The highest BCUT2D eigenvalue weighted by Gasteiger charge is 2.37. The van der Waals surface area contributed by atoms with Crippen molar-refractivity contribution in [1.29, 1.82) is 0 Å². The Morgan fingerprint density at radius 2 is 1.94 bits per heavy atom. The van der Waals surface area contributed by atoms with Crippen molar-refractivity contribution in [2.45, 2.75) is 46.3 Å². The molecule has 32 heavy (non-hydrogen) atoms. The lowest BCUT2D eigenvalue weighted by molar-refractivity contribution is -0.114. The van der Waals surface area contributed by atoms with Crippen molar-refractivity contribution in [1.82, 2.24) is 5.32 Å².